The molecule has 31 heavy (non-hydrogen) atoms. The van der Waals surface area contributed by atoms with Gasteiger partial charge in [-0.25, -0.2) is 9.38 Å². The number of fused-ring (bicyclic) bond motifs is 3. The highest BCUT2D eigenvalue weighted by Gasteiger charge is 2.17. The van der Waals surface area contributed by atoms with Crippen molar-refractivity contribution in [2.24, 2.45) is 0 Å². The maximum absolute atomic E-state index is 12.9. The fourth-order valence-electron chi connectivity index (χ4n) is 3.53. The third-order valence-corrected chi connectivity index (χ3v) is 6.70. The molecule has 0 saturated carbocycles. The van der Waals surface area contributed by atoms with Gasteiger partial charge in [-0.2, -0.15) is 0 Å². The molecule has 0 N–H and O–H groups in total. The topological polar surface area (TPSA) is 73.1 Å². The van der Waals surface area contributed by atoms with E-state index in [1.54, 1.807) is 15.4 Å². The van der Waals surface area contributed by atoms with Gasteiger partial charge in [0.15, 0.2) is 11.6 Å². The molecule has 0 unspecified atom stereocenters. The number of halogens is 1. The number of benzene rings is 2. The Kier molecular flexibility index (Phi) is 5.47. The second kappa shape index (κ2) is 8.41. The minimum atomic E-state index is -0.0822. The van der Waals surface area contributed by atoms with E-state index < -0.39 is 0 Å². The van der Waals surface area contributed by atoms with E-state index in [4.69, 9.17) is 9.47 Å². The zero-order valence-corrected chi connectivity index (χ0v) is 18.8. The molecular weight excluding hydrogens is 482 g/mol. The number of morpholine rings is 1. The molecule has 7 nitrogen and oxygen atoms in total. The van der Waals surface area contributed by atoms with Crippen molar-refractivity contribution in [3.63, 3.8) is 0 Å². The number of imidazole rings is 1. The smallest absolute Gasteiger partial charge is 0.274 e. The molecule has 2 aromatic carbocycles. The standard InChI is InChI=1S/C22H18BrN3O4S/c23-15-11-14(5-6-18(15)30-13-20(27)25-7-9-29-10-8-25)12-19-21(28)26-17-4-2-1-3-16(17)24-22(26)31-19/h1-6,11-12H,7-10,13H2/b19-12-. The number of hydrogen-bond acceptors (Lipinski definition) is 6. The van der Waals surface area contributed by atoms with Gasteiger partial charge < -0.3 is 14.4 Å². The Labute approximate surface area is 189 Å². The molecule has 5 rings (SSSR count). The minimum absolute atomic E-state index is 0.0262. The van der Waals surface area contributed by atoms with Gasteiger partial charge >= 0.3 is 0 Å². The first-order valence-corrected chi connectivity index (χ1v) is 11.4. The Morgan fingerprint density at radius 1 is 1.23 bits per heavy atom. The van der Waals surface area contributed by atoms with Crippen LogP contribution in [0, 0.1) is 0 Å². The Morgan fingerprint density at radius 2 is 2.03 bits per heavy atom. The second-order valence-corrected chi connectivity index (χ2v) is 8.97. The van der Waals surface area contributed by atoms with Gasteiger partial charge in [0.05, 0.1) is 33.3 Å². The van der Waals surface area contributed by atoms with E-state index in [1.807, 2.05) is 42.5 Å². The number of para-hydroxylation sites is 2. The maximum Gasteiger partial charge on any atom is 0.274 e. The number of aromatic nitrogens is 2. The fourth-order valence-corrected chi connectivity index (χ4v) is 5.03. The van der Waals surface area contributed by atoms with E-state index in [9.17, 15) is 9.59 Å². The van der Waals surface area contributed by atoms with Gasteiger partial charge in [0.1, 0.15) is 5.75 Å². The van der Waals surface area contributed by atoms with Gasteiger partial charge in [0.25, 0.3) is 11.5 Å². The van der Waals surface area contributed by atoms with Crippen molar-refractivity contribution in [3.05, 3.63) is 67.4 Å². The monoisotopic (exact) mass is 499 g/mol. The molecule has 3 heterocycles. The number of nitrogens with zero attached hydrogens (tertiary/aromatic N) is 3. The highest BCUT2D eigenvalue weighted by molar-refractivity contribution is 9.10. The second-order valence-electron chi connectivity index (χ2n) is 7.11. The number of thiazole rings is 1. The molecule has 1 fully saturated rings. The highest BCUT2D eigenvalue weighted by Crippen LogP contribution is 2.26. The van der Waals surface area contributed by atoms with E-state index in [-0.39, 0.29) is 18.1 Å². The lowest BCUT2D eigenvalue weighted by molar-refractivity contribution is -0.137. The first kappa shape index (κ1) is 20.2. The number of carbonyl (C=O) groups excluding carboxylic acids is 1. The summed E-state index contributed by atoms with van der Waals surface area (Å²) in [6.07, 6.45) is 1.84. The first-order valence-electron chi connectivity index (χ1n) is 9.80. The van der Waals surface area contributed by atoms with Crippen molar-refractivity contribution in [2.75, 3.05) is 32.9 Å². The number of carbonyl (C=O) groups is 1. The Bertz CT molecular complexity index is 1390. The molecule has 1 aliphatic rings. The summed E-state index contributed by atoms with van der Waals surface area (Å²) in [5.41, 5.74) is 2.40. The molecule has 9 heteroatoms. The zero-order valence-electron chi connectivity index (χ0n) is 16.4. The van der Waals surface area contributed by atoms with Crippen LogP contribution in [0.25, 0.3) is 22.1 Å². The number of amides is 1. The van der Waals surface area contributed by atoms with Crippen LogP contribution in [0.5, 0.6) is 5.75 Å². The molecule has 1 amide bonds. The van der Waals surface area contributed by atoms with Gasteiger partial charge in [0.2, 0.25) is 0 Å². The largest absolute Gasteiger partial charge is 0.483 e. The van der Waals surface area contributed by atoms with Crippen LogP contribution >= 0.6 is 27.3 Å². The predicted octanol–water partition coefficient (Wildman–Crippen LogP) is 2.46. The average molecular weight is 500 g/mol. The number of rotatable bonds is 4. The third kappa shape index (κ3) is 3.96. The number of ether oxygens (including phenoxy) is 2. The van der Waals surface area contributed by atoms with Gasteiger partial charge in [0, 0.05) is 13.1 Å². The van der Waals surface area contributed by atoms with Crippen LogP contribution in [-0.2, 0) is 9.53 Å². The normalized spacial score (nSPS) is 15.1. The van der Waals surface area contributed by atoms with Crippen LogP contribution in [-0.4, -0.2) is 53.1 Å². The average Bonchev–Trinajstić information content (AvgIpc) is 3.29. The molecule has 1 saturated heterocycles. The van der Waals surface area contributed by atoms with Crippen LogP contribution in [0.3, 0.4) is 0 Å². The Balaban J connectivity index is 1.37. The summed E-state index contributed by atoms with van der Waals surface area (Å²) < 4.78 is 13.9. The van der Waals surface area contributed by atoms with Crippen molar-refractivity contribution < 1.29 is 14.3 Å². The van der Waals surface area contributed by atoms with E-state index in [0.717, 1.165) is 21.1 Å². The quantitative estimate of drug-likeness (QED) is 0.431. The van der Waals surface area contributed by atoms with Crippen molar-refractivity contribution in [3.8, 4) is 5.75 Å². The SMILES string of the molecule is O=C(COc1ccc(/C=c2\sc3nc4ccccc4n3c2=O)cc1Br)N1CCOCC1. The molecule has 0 radical (unpaired) electrons. The van der Waals surface area contributed by atoms with Crippen LogP contribution in [0.2, 0.25) is 0 Å². The first-order chi connectivity index (χ1) is 15.1. The van der Waals surface area contributed by atoms with Crippen molar-refractivity contribution in [2.45, 2.75) is 0 Å². The Morgan fingerprint density at radius 3 is 2.84 bits per heavy atom. The predicted molar refractivity (Wildman–Crippen MR) is 123 cm³/mol. The third-order valence-electron chi connectivity index (χ3n) is 5.11. The summed E-state index contributed by atoms with van der Waals surface area (Å²) in [6.45, 7) is 2.28. The van der Waals surface area contributed by atoms with Crippen molar-refractivity contribution in [1.82, 2.24) is 14.3 Å². The summed E-state index contributed by atoms with van der Waals surface area (Å²) in [7, 11) is 0. The summed E-state index contributed by atoms with van der Waals surface area (Å²) in [5.74, 6) is 0.518. The van der Waals surface area contributed by atoms with E-state index >= 15 is 0 Å². The lowest BCUT2D eigenvalue weighted by Crippen LogP contribution is -2.43. The van der Waals surface area contributed by atoms with Gasteiger partial charge in [-0.05, 0) is 51.8 Å². The molecule has 0 bridgehead atoms. The van der Waals surface area contributed by atoms with Gasteiger partial charge in [-0.15, -0.1) is 0 Å². The summed E-state index contributed by atoms with van der Waals surface area (Å²) in [5, 5.41) is 0. The Hall–Kier alpha value is -2.75. The van der Waals surface area contributed by atoms with Gasteiger partial charge in [-0.1, -0.05) is 29.5 Å². The minimum Gasteiger partial charge on any atom is -0.483 e. The summed E-state index contributed by atoms with van der Waals surface area (Å²) in [6, 6.07) is 13.1. The van der Waals surface area contributed by atoms with E-state index in [1.165, 1.54) is 11.3 Å². The highest BCUT2D eigenvalue weighted by atomic mass is 79.9. The molecule has 2 aromatic heterocycles. The van der Waals surface area contributed by atoms with Crippen molar-refractivity contribution in [1.29, 1.82) is 0 Å². The van der Waals surface area contributed by atoms with E-state index in [0.29, 0.717) is 41.5 Å². The molecule has 0 atom stereocenters. The van der Waals surface area contributed by atoms with Crippen LogP contribution < -0.4 is 14.8 Å². The number of hydrogen-bond donors (Lipinski definition) is 0. The van der Waals surface area contributed by atoms with E-state index in [2.05, 4.69) is 20.9 Å². The fraction of sp³-hybridized carbons (Fsp3) is 0.227. The maximum atomic E-state index is 12.9. The lowest BCUT2D eigenvalue weighted by atomic mass is 10.2. The molecule has 0 spiro atoms. The zero-order chi connectivity index (χ0) is 21.4. The van der Waals surface area contributed by atoms with Gasteiger partial charge in [-0.3, -0.25) is 9.59 Å². The van der Waals surface area contributed by atoms with Crippen LogP contribution in [0.1, 0.15) is 5.56 Å². The van der Waals surface area contributed by atoms with Crippen LogP contribution in [0.4, 0.5) is 0 Å². The summed E-state index contributed by atoms with van der Waals surface area (Å²) in [4.78, 5) is 32.1. The molecule has 158 valence electrons. The summed E-state index contributed by atoms with van der Waals surface area (Å²) >= 11 is 4.86. The molecule has 0 aliphatic carbocycles. The molecule has 1 aliphatic heterocycles. The van der Waals surface area contributed by atoms with Crippen molar-refractivity contribution >= 4 is 55.2 Å². The lowest BCUT2D eigenvalue weighted by Gasteiger charge is -2.26. The molecular formula is C22H18BrN3O4S. The molecule has 4 aromatic rings. The van der Waals surface area contributed by atoms with Crippen LogP contribution in [0.15, 0.2) is 51.7 Å².